The Labute approximate surface area is 107 Å². The van der Waals surface area contributed by atoms with Crippen molar-refractivity contribution in [3.05, 3.63) is 0 Å². The van der Waals surface area contributed by atoms with Gasteiger partial charge in [0.1, 0.15) is 0 Å². The highest BCUT2D eigenvalue weighted by molar-refractivity contribution is 4.86. The van der Waals surface area contributed by atoms with Crippen LogP contribution in [-0.2, 0) is 0 Å². The van der Waals surface area contributed by atoms with Crippen molar-refractivity contribution >= 4 is 0 Å². The van der Waals surface area contributed by atoms with Gasteiger partial charge in [0.25, 0.3) is 0 Å². The lowest BCUT2D eigenvalue weighted by atomic mass is 9.86. The van der Waals surface area contributed by atoms with Gasteiger partial charge in [-0.1, -0.05) is 33.1 Å². The zero-order valence-corrected chi connectivity index (χ0v) is 11.7. The van der Waals surface area contributed by atoms with Crippen LogP contribution in [0.5, 0.6) is 0 Å². The van der Waals surface area contributed by atoms with E-state index in [-0.39, 0.29) is 0 Å². The molecule has 0 aromatic heterocycles. The van der Waals surface area contributed by atoms with Crippen LogP contribution in [0.1, 0.15) is 52.4 Å². The van der Waals surface area contributed by atoms with Crippen LogP contribution >= 0.6 is 0 Å². The summed E-state index contributed by atoms with van der Waals surface area (Å²) in [6.45, 7) is 8.34. The van der Waals surface area contributed by atoms with E-state index in [1.165, 1.54) is 51.6 Å². The fourth-order valence-corrected chi connectivity index (χ4v) is 4.10. The molecule has 4 atom stereocenters. The summed E-state index contributed by atoms with van der Waals surface area (Å²) in [6, 6.07) is 0.785. The lowest BCUT2D eigenvalue weighted by Crippen LogP contribution is -2.49. The van der Waals surface area contributed by atoms with Crippen molar-refractivity contribution in [1.29, 1.82) is 0 Å². The minimum absolute atomic E-state index is 0.759. The number of hydrogen-bond donors (Lipinski definition) is 1. The first-order valence-electron chi connectivity index (χ1n) is 7.64. The number of nitrogens with two attached hydrogens (primary N) is 1. The van der Waals surface area contributed by atoms with Crippen LogP contribution in [0.15, 0.2) is 0 Å². The van der Waals surface area contributed by atoms with Crippen LogP contribution in [-0.4, -0.2) is 30.6 Å². The fourth-order valence-electron chi connectivity index (χ4n) is 4.10. The van der Waals surface area contributed by atoms with Gasteiger partial charge < -0.3 is 5.73 Å². The molecular formula is C15H30N2. The Kier molecular flexibility index (Phi) is 4.87. The Hall–Kier alpha value is -0.0800. The van der Waals surface area contributed by atoms with Crippen molar-refractivity contribution in [3.63, 3.8) is 0 Å². The van der Waals surface area contributed by atoms with Crippen LogP contribution in [0.3, 0.4) is 0 Å². The largest absolute Gasteiger partial charge is 0.330 e. The summed E-state index contributed by atoms with van der Waals surface area (Å²) in [4.78, 5) is 2.78. The molecular weight excluding hydrogens is 208 g/mol. The van der Waals surface area contributed by atoms with Gasteiger partial charge in [-0.25, -0.2) is 0 Å². The molecule has 0 bridgehead atoms. The van der Waals surface area contributed by atoms with E-state index >= 15 is 0 Å². The number of piperidine rings is 1. The third kappa shape index (κ3) is 3.45. The van der Waals surface area contributed by atoms with Crippen LogP contribution in [0.25, 0.3) is 0 Å². The van der Waals surface area contributed by atoms with Crippen LogP contribution in [0.4, 0.5) is 0 Å². The minimum Gasteiger partial charge on any atom is -0.330 e. The Bertz CT molecular complexity index is 219. The molecule has 2 rings (SSSR count). The monoisotopic (exact) mass is 238 g/mol. The molecule has 2 nitrogen and oxygen atoms in total. The first-order valence-corrected chi connectivity index (χ1v) is 7.64. The number of hydrogen-bond acceptors (Lipinski definition) is 2. The molecule has 2 N–H and O–H groups in total. The van der Waals surface area contributed by atoms with Gasteiger partial charge in [0.05, 0.1) is 0 Å². The van der Waals surface area contributed by atoms with Crippen LogP contribution in [0, 0.1) is 17.8 Å². The molecule has 0 radical (unpaired) electrons. The highest BCUT2D eigenvalue weighted by Crippen LogP contribution is 2.31. The molecule has 0 aromatic carbocycles. The maximum absolute atomic E-state index is 6.01. The average Bonchev–Trinajstić information content (AvgIpc) is 2.52. The molecule has 100 valence electrons. The second-order valence-electron chi connectivity index (χ2n) is 6.60. The summed E-state index contributed by atoms with van der Waals surface area (Å²) in [5.74, 6) is 2.51. The van der Waals surface area contributed by atoms with Gasteiger partial charge >= 0.3 is 0 Å². The third-order valence-electron chi connectivity index (χ3n) is 4.79. The minimum atomic E-state index is 0.759. The number of likely N-dealkylation sites (tertiary alicyclic amines) is 1. The second-order valence-corrected chi connectivity index (χ2v) is 6.60. The molecule has 0 spiro atoms. The second kappa shape index (κ2) is 6.19. The highest BCUT2D eigenvalue weighted by Gasteiger charge is 2.32. The van der Waals surface area contributed by atoms with Crippen LogP contribution < -0.4 is 5.73 Å². The topological polar surface area (TPSA) is 29.3 Å². The standard InChI is InChI=1S/C15H30N2/c1-12-8-13(2)11-17(10-12)15-7-5-3-4-6-14(15)9-16/h12-15H,3-11,16H2,1-2H3. The molecule has 2 fully saturated rings. The summed E-state index contributed by atoms with van der Waals surface area (Å²) >= 11 is 0. The van der Waals surface area contributed by atoms with Gasteiger partial charge in [0.15, 0.2) is 0 Å². The molecule has 2 heteroatoms. The summed E-state index contributed by atoms with van der Waals surface area (Å²) < 4.78 is 0. The SMILES string of the molecule is CC1CC(C)CN(C2CCCCCC2CN)C1. The molecule has 4 unspecified atom stereocenters. The Morgan fingerprint density at radius 3 is 2.29 bits per heavy atom. The van der Waals surface area contributed by atoms with E-state index in [2.05, 4.69) is 18.7 Å². The average molecular weight is 238 g/mol. The number of rotatable bonds is 2. The normalized spacial score (nSPS) is 41.1. The van der Waals surface area contributed by atoms with Crippen molar-refractivity contribution < 1.29 is 0 Å². The van der Waals surface area contributed by atoms with E-state index in [1.54, 1.807) is 0 Å². The Morgan fingerprint density at radius 2 is 1.65 bits per heavy atom. The maximum atomic E-state index is 6.01. The first kappa shape index (κ1) is 13.4. The number of nitrogens with zero attached hydrogens (tertiary/aromatic N) is 1. The summed E-state index contributed by atoms with van der Waals surface area (Å²) in [7, 11) is 0. The molecule has 1 saturated heterocycles. The van der Waals surface area contributed by atoms with E-state index in [0.29, 0.717) is 0 Å². The van der Waals surface area contributed by atoms with Crippen molar-refractivity contribution in [2.24, 2.45) is 23.5 Å². The lowest BCUT2D eigenvalue weighted by molar-refractivity contribution is 0.0626. The predicted octanol–water partition coefficient (Wildman–Crippen LogP) is 2.87. The zero-order valence-electron chi connectivity index (χ0n) is 11.7. The van der Waals surface area contributed by atoms with Crippen molar-refractivity contribution in [2.45, 2.75) is 58.4 Å². The van der Waals surface area contributed by atoms with Crippen LogP contribution in [0.2, 0.25) is 0 Å². The molecule has 0 aromatic rings. The smallest absolute Gasteiger partial charge is 0.0136 e. The third-order valence-corrected chi connectivity index (χ3v) is 4.79. The van der Waals surface area contributed by atoms with Crippen molar-refractivity contribution in [2.75, 3.05) is 19.6 Å². The lowest BCUT2D eigenvalue weighted by Gasteiger charge is -2.42. The van der Waals surface area contributed by atoms with E-state index in [4.69, 9.17) is 5.73 Å². The molecule has 1 saturated carbocycles. The van der Waals surface area contributed by atoms with Gasteiger partial charge in [0.2, 0.25) is 0 Å². The highest BCUT2D eigenvalue weighted by atomic mass is 15.2. The van der Waals surface area contributed by atoms with Gasteiger partial charge in [-0.15, -0.1) is 0 Å². The first-order chi connectivity index (χ1) is 8.20. The van der Waals surface area contributed by atoms with Gasteiger partial charge in [-0.2, -0.15) is 0 Å². The molecule has 1 aliphatic heterocycles. The van der Waals surface area contributed by atoms with Crippen molar-refractivity contribution in [1.82, 2.24) is 4.90 Å². The quantitative estimate of drug-likeness (QED) is 0.750. The molecule has 1 heterocycles. The van der Waals surface area contributed by atoms with Gasteiger partial charge in [-0.05, 0) is 43.6 Å². The molecule has 2 aliphatic rings. The maximum Gasteiger partial charge on any atom is 0.0136 e. The van der Waals surface area contributed by atoms with Gasteiger partial charge in [0, 0.05) is 19.1 Å². The zero-order chi connectivity index (χ0) is 12.3. The summed E-state index contributed by atoms with van der Waals surface area (Å²) in [6.07, 6.45) is 8.40. The van der Waals surface area contributed by atoms with E-state index in [9.17, 15) is 0 Å². The molecule has 17 heavy (non-hydrogen) atoms. The Morgan fingerprint density at radius 1 is 1.00 bits per heavy atom. The van der Waals surface area contributed by atoms with Gasteiger partial charge in [-0.3, -0.25) is 4.90 Å². The predicted molar refractivity (Wildman–Crippen MR) is 73.9 cm³/mol. The summed E-state index contributed by atoms with van der Waals surface area (Å²) in [5.41, 5.74) is 6.01. The molecule has 1 aliphatic carbocycles. The Balaban J connectivity index is 2.01. The summed E-state index contributed by atoms with van der Waals surface area (Å²) in [5, 5.41) is 0. The molecule has 0 amide bonds. The van der Waals surface area contributed by atoms with E-state index < -0.39 is 0 Å². The van der Waals surface area contributed by atoms with Crippen molar-refractivity contribution in [3.8, 4) is 0 Å². The fraction of sp³-hybridized carbons (Fsp3) is 1.00. The van der Waals surface area contributed by atoms with E-state index in [1.807, 2.05) is 0 Å². The van der Waals surface area contributed by atoms with E-state index in [0.717, 1.165) is 30.3 Å².